The van der Waals surface area contributed by atoms with Gasteiger partial charge in [0.1, 0.15) is 5.75 Å². The van der Waals surface area contributed by atoms with Gasteiger partial charge in [-0.15, -0.1) is 24.0 Å². The fourth-order valence-electron chi connectivity index (χ4n) is 3.52. The lowest BCUT2D eigenvalue weighted by molar-refractivity contribution is 0.147. The van der Waals surface area contributed by atoms with Gasteiger partial charge in [-0.25, -0.2) is 0 Å². The second-order valence-corrected chi connectivity index (χ2v) is 6.79. The molecule has 2 rings (SSSR count). The van der Waals surface area contributed by atoms with Crippen LogP contribution in [0.3, 0.4) is 0 Å². The number of hydrogen-bond donors (Lipinski definition) is 3. The molecule has 0 aromatic heterocycles. The summed E-state index contributed by atoms with van der Waals surface area (Å²) in [6.07, 6.45) is 7.35. The van der Waals surface area contributed by atoms with Crippen LogP contribution in [0.2, 0.25) is 0 Å². The molecule has 3 N–H and O–H groups in total. The minimum Gasteiger partial charge on any atom is -0.508 e. The number of likely N-dealkylation sites (tertiary alicyclic amines) is 1. The van der Waals surface area contributed by atoms with E-state index in [-0.39, 0.29) is 24.0 Å². The van der Waals surface area contributed by atoms with E-state index in [1.54, 1.807) is 12.1 Å². The predicted octanol–water partition coefficient (Wildman–Crippen LogP) is 3.37. The number of piperidine rings is 1. The van der Waals surface area contributed by atoms with E-state index in [0.29, 0.717) is 5.75 Å². The molecule has 0 aliphatic carbocycles. The highest BCUT2D eigenvalue weighted by Gasteiger charge is 2.19. The maximum Gasteiger partial charge on any atom is 0.191 e. The molecule has 0 bridgehead atoms. The van der Waals surface area contributed by atoms with Gasteiger partial charge in [-0.3, -0.25) is 9.89 Å². The molecule has 0 radical (unpaired) electrons. The normalized spacial score (nSPS) is 18.2. The number of hydrogen-bond acceptors (Lipinski definition) is 3. The molecule has 6 heteroatoms. The van der Waals surface area contributed by atoms with Crippen LogP contribution in [-0.2, 0) is 6.42 Å². The van der Waals surface area contributed by atoms with E-state index >= 15 is 0 Å². The second-order valence-electron chi connectivity index (χ2n) is 6.79. The quantitative estimate of drug-likeness (QED) is 0.234. The molecule has 0 spiro atoms. The van der Waals surface area contributed by atoms with E-state index in [1.807, 2.05) is 19.2 Å². The molecule has 1 heterocycles. The lowest BCUT2D eigenvalue weighted by Gasteiger charge is -2.35. The number of nitrogens with one attached hydrogen (secondary N) is 2. The van der Waals surface area contributed by atoms with Crippen molar-refractivity contribution >= 4 is 29.9 Å². The fourth-order valence-corrected chi connectivity index (χ4v) is 3.52. The Kier molecular flexibility index (Phi) is 11.7. The SMILES string of the molecule is CCC1CCCCN1CCNC(=NC)NCCCc1ccc(O)cc1.I. The van der Waals surface area contributed by atoms with Gasteiger partial charge in [0.05, 0.1) is 0 Å². The summed E-state index contributed by atoms with van der Waals surface area (Å²) in [6, 6.07) is 8.20. The first-order valence-electron chi connectivity index (χ1n) is 9.69. The number of guanidine groups is 1. The Morgan fingerprint density at radius 2 is 1.92 bits per heavy atom. The van der Waals surface area contributed by atoms with Crippen molar-refractivity contribution < 1.29 is 5.11 Å². The molecule has 1 aromatic rings. The van der Waals surface area contributed by atoms with Crippen LogP contribution in [0.25, 0.3) is 0 Å². The Balaban J connectivity index is 0.00000338. The molecule has 148 valence electrons. The number of halogens is 1. The van der Waals surface area contributed by atoms with Gasteiger partial charge >= 0.3 is 0 Å². The second kappa shape index (κ2) is 13.2. The van der Waals surface area contributed by atoms with Gasteiger partial charge < -0.3 is 15.7 Å². The Bertz CT molecular complexity index is 521. The van der Waals surface area contributed by atoms with Crippen molar-refractivity contribution in [2.45, 2.75) is 51.5 Å². The molecule has 26 heavy (non-hydrogen) atoms. The first-order valence-corrected chi connectivity index (χ1v) is 9.69. The van der Waals surface area contributed by atoms with Gasteiger partial charge in [-0.1, -0.05) is 25.5 Å². The van der Waals surface area contributed by atoms with E-state index in [2.05, 4.69) is 27.4 Å². The maximum absolute atomic E-state index is 9.30. The van der Waals surface area contributed by atoms with Crippen molar-refractivity contribution in [1.29, 1.82) is 0 Å². The van der Waals surface area contributed by atoms with Crippen molar-refractivity contribution in [3.63, 3.8) is 0 Å². The third-order valence-electron chi connectivity index (χ3n) is 5.01. The summed E-state index contributed by atoms with van der Waals surface area (Å²) < 4.78 is 0. The highest BCUT2D eigenvalue weighted by molar-refractivity contribution is 14.0. The number of rotatable bonds is 8. The molecule has 1 aliphatic rings. The Morgan fingerprint density at radius 3 is 2.62 bits per heavy atom. The Morgan fingerprint density at radius 1 is 1.19 bits per heavy atom. The molecule has 1 unspecified atom stereocenters. The van der Waals surface area contributed by atoms with Crippen molar-refractivity contribution in [3.05, 3.63) is 29.8 Å². The average molecular weight is 474 g/mol. The Hall–Kier alpha value is -1.02. The topological polar surface area (TPSA) is 59.9 Å². The van der Waals surface area contributed by atoms with Crippen molar-refractivity contribution in [2.75, 3.05) is 33.2 Å². The van der Waals surface area contributed by atoms with Gasteiger partial charge in [0.2, 0.25) is 0 Å². The molecular weight excluding hydrogens is 439 g/mol. The van der Waals surface area contributed by atoms with Gasteiger partial charge in [-0.05, 0) is 56.3 Å². The van der Waals surface area contributed by atoms with Crippen molar-refractivity contribution in [3.8, 4) is 5.75 Å². The molecule has 1 aromatic carbocycles. The molecule has 1 aliphatic heterocycles. The standard InChI is InChI=1S/C20H34N4O.HI/c1-3-18-8-4-5-15-24(18)16-14-23-20(21-2)22-13-6-7-17-9-11-19(25)12-10-17;/h9-12,18,25H,3-8,13-16H2,1-2H3,(H2,21,22,23);1H. The summed E-state index contributed by atoms with van der Waals surface area (Å²) in [5.41, 5.74) is 1.25. The number of aryl methyl sites for hydroxylation is 1. The van der Waals surface area contributed by atoms with Crippen LogP contribution in [0.1, 0.15) is 44.6 Å². The van der Waals surface area contributed by atoms with Crippen LogP contribution in [0, 0.1) is 0 Å². The molecule has 1 saturated heterocycles. The highest BCUT2D eigenvalue weighted by atomic mass is 127. The zero-order valence-electron chi connectivity index (χ0n) is 16.2. The zero-order valence-corrected chi connectivity index (χ0v) is 18.5. The number of nitrogens with zero attached hydrogens (tertiary/aromatic N) is 2. The van der Waals surface area contributed by atoms with Gasteiger partial charge in [0.15, 0.2) is 5.96 Å². The van der Waals surface area contributed by atoms with Gasteiger partial charge in [-0.2, -0.15) is 0 Å². The predicted molar refractivity (Wildman–Crippen MR) is 121 cm³/mol. The van der Waals surface area contributed by atoms with Crippen LogP contribution in [0.5, 0.6) is 5.75 Å². The van der Waals surface area contributed by atoms with Crippen LogP contribution < -0.4 is 10.6 Å². The fraction of sp³-hybridized carbons (Fsp3) is 0.650. The van der Waals surface area contributed by atoms with E-state index < -0.39 is 0 Å². The van der Waals surface area contributed by atoms with E-state index in [9.17, 15) is 5.11 Å². The summed E-state index contributed by atoms with van der Waals surface area (Å²) in [6.45, 7) is 6.45. The average Bonchev–Trinajstić information content (AvgIpc) is 2.65. The number of aliphatic imine (C=N–C) groups is 1. The van der Waals surface area contributed by atoms with Crippen molar-refractivity contribution in [2.24, 2.45) is 4.99 Å². The third-order valence-corrected chi connectivity index (χ3v) is 5.01. The lowest BCUT2D eigenvalue weighted by Crippen LogP contribution is -2.46. The minimum atomic E-state index is 0. The van der Waals surface area contributed by atoms with Gasteiger partial charge in [0.25, 0.3) is 0 Å². The molecule has 1 atom stereocenters. The van der Waals surface area contributed by atoms with Crippen LogP contribution in [0.4, 0.5) is 0 Å². The number of benzene rings is 1. The van der Waals surface area contributed by atoms with E-state index in [1.165, 1.54) is 37.8 Å². The largest absolute Gasteiger partial charge is 0.508 e. The molecule has 0 saturated carbocycles. The molecule has 0 amide bonds. The van der Waals surface area contributed by atoms with E-state index in [4.69, 9.17) is 0 Å². The number of phenolic OH excluding ortho intramolecular Hbond substituents is 1. The zero-order chi connectivity index (χ0) is 17.9. The van der Waals surface area contributed by atoms with Crippen LogP contribution in [-0.4, -0.2) is 55.2 Å². The first kappa shape index (κ1) is 23.0. The van der Waals surface area contributed by atoms with Crippen LogP contribution in [0.15, 0.2) is 29.3 Å². The minimum absolute atomic E-state index is 0. The van der Waals surface area contributed by atoms with Crippen molar-refractivity contribution in [1.82, 2.24) is 15.5 Å². The number of phenols is 1. The monoisotopic (exact) mass is 474 g/mol. The number of aromatic hydroxyl groups is 1. The van der Waals surface area contributed by atoms with Gasteiger partial charge in [0, 0.05) is 32.7 Å². The lowest BCUT2D eigenvalue weighted by atomic mass is 10.0. The molecule has 1 fully saturated rings. The summed E-state index contributed by atoms with van der Waals surface area (Å²) in [5.74, 6) is 1.21. The third kappa shape index (κ3) is 8.12. The maximum atomic E-state index is 9.30. The summed E-state index contributed by atoms with van der Waals surface area (Å²) in [5, 5.41) is 16.1. The Labute approximate surface area is 175 Å². The molecular formula is C20H35IN4O. The van der Waals surface area contributed by atoms with E-state index in [0.717, 1.165) is 44.5 Å². The first-order chi connectivity index (χ1) is 12.2. The summed E-state index contributed by atoms with van der Waals surface area (Å²) in [7, 11) is 1.82. The summed E-state index contributed by atoms with van der Waals surface area (Å²) in [4.78, 5) is 6.93. The highest BCUT2D eigenvalue weighted by Crippen LogP contribution is 2.18. The van der Waals surface area contributed by atoms with Crippen LogP contribution >= 0.6 is 24.0 Å². The summed E-state index contributed by atoms with van der Waals surface area (Å²) >= 11 is 0. The smallest absolute Gasteiger partial charge is 0.191 e. The molecule has 5 nitrogen and oxygen atoms in total.